The van der Waals surface area contributed by atoms with Gasteiger partial charge in [-0.1, -0.05) is 45.2 Å². The average molecular weight is 420 g/mol. The molecule has 1 heterocycles. The van der Waals surface area contributed by atoms with Crippen molar-refractivity contribution in [2.75, 3.05) is 6.61 Å². The second-order valence-electron chi connectivity index (χ2n) is 2.77. The molecule has 0 amide bonds. The highest BCUT2D eigenvalue weighted by Crippen LogP contribution is 2.39. The van der Waals surface area contributed by atoms with Crippen LogP contribution < -0.4 is 0 Å². The van der Waals surface area contributed by atoms with Crippen LogP contribution in [0.2, 0.25) is 0 Å². The van der Waals surface area contributed by atoms with Crippen molar-refractivity contribution >= 4 is 51.2 Å². The van der Waals surface area contributed by atoms with Crippen molar-refractivity contribution in [2.45, 2.75) is 15.3 Å². The normalized spacial score (nSPS) is 11.4. The Hall–Kier alpha value is 0.140. The molecule has 14 heavy (non-hydrogen) atoms. The van der Waals surface area contributed by atoms with Gasteiger partial charge in [0.15, 0.2) is 0 Å². The quantitative estimate of drug-likeness (QED) is 0.465. The highest BCUT2D eigenvalue weighted by Gasteiger charge is 2.27. The molecule has 0 radical (unpaired) electrons. The molecule has 1 N–H and O–H groups in total. The van der Waals surface area contributed by atoms with Gasteiger partial charge < -0.3 is 4.74 Å². The first kappa shape index (κ1) is 12.2. The molecule has 0 saturated heterocycles. The average Bonchev–Trinajstić information content (AvgIpc) is 2.50. The lowest BCUT2D eigenvalue weighted by Crippen LogP contribution is -2.12. The van der Waals surface area contributed by atoms with Crippen LogP contribution in [0.5, 0.6) is 0 Å². The van der Waals surface area contributed by atoms with Crippen LogP contribution in [0.25, 0.3) is 0 Å². The molecule has 0 aromatic carbocycles. The number of carbonyl (C=O) groups is 1. The Labute approximate surface area is 109 Å². The van der Waals surface area contributed by atoms with Crippen molar-refractivity contribution < 1.29 is 9.53 Å². The Morgan fingerprint density at radius 1 is 1.71 bits per heavy atom. The van der Waals surface area contributed by atoms with Gasteiger partial charge in [0.2, 0.25) is 0 Å². The van der Waals surface area contributed by atoms with Crippen LogP contribution in [0.1, 0.15) is 29.9 Å². The minimum Gasteiger partial charge on any atom is -0.462 e. The molecule has 1 aromatic rings. The molecule has 1 aromatic heterocycles. The van der Waals surface area contributed by atoms with Crippen molar-refractivity contribution in [3.05, 3.63) is 17.5 Å². The molecule has 0 atom stereocenters. The number of hydrogen-bond acceptors (Lipinski definition) is 3. The van der Waals surface area contributed by atoms with Gasteiger partial charge in [-0.3, -0.25) is 5.10 Å². The number of esters is 1. The molecule has 0 saturated carbocycles. The van der Waals surface area contributed by atoms with Crippen LogP contribution in [0.4, 0.5) is 0 Å². The number of nitrogens with one attached hydrogen (secondary N) is 1. The van der Waals surface area contributed by atoms with Gasteiger partial charge in [-0.25, -0.2) is 4.79 Å². The van der Waals surface area contributed by atoms with E-state index in [0.717, 1.165) is 5.69 Å². The fourth-order valence-electron chi connectivity index (χ4n) is 0.984. The highest BCUT2D eigenvalue weighted by molar-refractivity contribution is 14.2. The van der Waals surface area contributed by atoms with E-state index in [1.807, 2.05) is 6.92 Å². The van der Waals surface area contributed by atoms with Crippen molar-refractivity contribution in [3.63, 3.8) is 0 Å². The number of alkyl halides is 2. The SMILES string of the molecule is CCOC(=O)c1cn[nH]c1C(C)(I)I. The molecule has 4 nitrogen and oxygen atoms in total. The van der Waals surface area contributed by atoms with Gasteiger partial charge in [0.25, 0.3) is 0 Å². The maximum Gasteiger partial charge on any atom is 0.341 e. The Kier molecular flexibility index (Phi) is 4.16. The molecule has 0 aliphatic rings. The monoisotopic (exact) mass is 420 g/mol. The number of ether oxygens (including phenoxy) is 1. The van der Waals surface area contributed by atoms with Crippen molar-refractivity contribution in [3.8, 4) is 0 Å². The van der Waals surface area contributed by atoms with E-state index in [9.17, 15) is 4.79 Å². The zero-order valence-corrected chi connectivity index (χ0v) is 12.1. The molecule has 0 bridgehead atoms. The second kappa shape index (κ2) is 4.77. The summed E-state index contributed by atoms with van der Waals surface area (Å²) in [5.41, 5.74) is 1.30. The lowest BCUT2D eigenvalue weighted by Gasteiger charge is -2.13. The van der Waals surface area contributed by atoms with E-state index in [1.54, 1.807) is 6.92 Å². The summed E-state index contributed by atoms with van der Waals surface area (Å²) < 4.78 is 4.73. The van der Waals surface area contributed by atoms with E-state index >= 15 is 0 Å². The van der Waals surface area contributed by atoms with E-state index in [4.69, 9.17) is 4.74 Å². The van der Waals surface area contributed by atoms with Crippen LogP contribution >= 0.6 is 45.2 Å². The largest absolute Gasteiger partial charge is 0.462 e. The summed E-state index contributed by atoms with van der Waals surface area (Å²) in [6.45, 7) is 4.15. The molecular formula is C8H10I2N2O2. The molecule has 0 fully saturated rings. The summed E-state index contributed by atoms with van der Waals surface area (Å²) >= 11 is 4.47. The third-order valence-electron chi connectivity index (χ3n) is 1.57. The van der Waals surface area contributed by atoms with Gasteiger partial charge in [0.05, 0.1) is 18.5 Å². The Morgan fingerprint density at radius 2 is 2.36 bits per heavy atom. The standard InChI is InChI=1S/C8H10I2N2O2/c1-3-14-7(13)5-4-11-12-6(5)8(2,9)10/h4H,3H2,1-2H3,(H,11,12). The predicted octanol–water partition coefficient (Wildman–Crippen LogP) is 2.63. The lowest BCUT2D eigenvalue weighted by atomic mass is 10.2. The second-order valence-corrected chi connectivity index (χ2v) is 9.15. The first-order valence-corrected chi connectivity index (χ1v) is 6.21. The molecule has 6 heteroatoms. The number of aromatic nitrogens is 2. The van der Waals surface area contributed by atoms with Crippen molar-refractivity contribution in [2.24, 2.45) is 0 Å². The van der Waals surface area contributed by atoms with Crippen molar-refractivity contribution in [1.82, 2.24) is 10.2 Å². The third-order valence-corrected chi connectivity index (χ3v) is 2.65. The summed E-state index contributed by atoms with van der Waals surface area (Å²) in [4.78, 5) is 11.5. The van der Waals surface area contributed by atoms with Crippen LogP contribution in [0, 0.1) is 0 Å². The number of rotatable bonds is 3. The minimum atomic E-state index is -0.323. The zero-order chi connectivity index (χ0) is 10.8. The number of H-pyrrole nitrogens is 1. The topological polar surface area (TPSA) is 55.0 Å². The number of hydrogen-bond donors (Lipinski definition) is 1. The molecule has 0 aliphatic carbocycles. The van der Waals surface area contributed by atoms with E-state index in [2.05, 4.69) is 55.4 Å². The van der Waals surface area contributed by atoms with Crippen LogP contribution in [0.3, 0.4) is 0 Å². The van der Waals surface area contributed by atoms with Gasteiger partial charge in [0.1, 0.15) is 6.99 Å². The Balaban J connectivity index is 2.99. The van der Waals surface area contributed by atoms with Gasteiger partial charge >= 0.3 is 5.97 Å². The smallest absolute Gasteiger partial charge is 0.341 e. The fraction of sp³-hybridized carbons (Fsp3) is 0.500. The van der Waals surface area contributed by atoms with E-state index in [1.165, 1.54) is 6.20 Å². The maximum absolute atomic E-state index is 11.5. The minimum absolute atomic E-state index is 0.186. The zero-order valence-electron chi connectivity index (χ0n) is 7.80. The first-order chi connectivity index (χ1) is 6.46. The summed E-state index contributed by atoms with van der Waals surface area (Å²) in [6.07, 6.45) is 1.50. The number of aromatic amines is 1. The van der Waals surface area contributed by atoms with E-state index in [0.29, 0.717) is 12.2 Å². The first-order valence-electron chi connectivity index (χ1n) is 4.05. The van der Waals surface area contributed by atoms with Crippen molar-refractivity contribution in [1.29, 1.82) is 0 Å². The highest BCUT2D eigenvalue weighted by atomic mass is 127. The Bertz CT molecular complexity index is 330. The van der Waals surface area contributed by atoms with Gasteiger partial charge in [-0.2, -0.15) is 5.10 Å². The predicted molar refractivity (Wildman–Crippen MR) is 69.9 cm³/mol. The number of nitrogens with zero attached hydrogens (tertiary/aromatic N) is 1. The molecule has 0 spiro atoms. The number of halogens is 2. The molecule has 0 unspecified atom stereocenters. The van der Waals surface area contributed by atoms with Crippen LogP contribution in [-0.4, -0.2) is 22.8 Å². The van der Waals surface area contributed by atoms with Gasteiger partial charge in [-0.05, 0) is 13.8 Å². The summed E-state index contributed by atoms with van der Waals surface area (Å²) in [5.74, 6) is -0.323. The third kappa shape index (κ3) is 2.81. The maximum atomic E-state index is 11.5. The van der Waals surface area contributed by atoms with E-state index < -0.39 is 0 Å². The van der Waals surface area contributed by atoms with E-state index in [-0.39, 0.29) is 7.40 Å². The Morgan fingerprint density at radius 3 is 2.86 bits per heavy atom. The van der Waals surface area contributed by atoms with Gasteiger partial charge in [-0.15, -0.1) is 0 Å². The summed E-state index contributed by atoms with van der Waals surface area (Å²) in [5, 5.41) is 6.68. The fourth-order valence-corrected chi connectivity index (χ4v) is 1.81. The summed E-state index contributed by atoms with van der Waals surface area (Å²) in [7, 11) is 0. The van der Waals surface area contributed by atoms with Crippen LogP contribution in [-0.2, 0) is 6.17 Å². The molecule has 1 rings (SSSR count). The number of carbonyl (C=O) groups excluding carboxylic acids is 1. The molecular weight excluding hydrogens is 410 g/mol. The lowest BCUT2D eigenvalue weighted by molar-refractivity contribution is 0.0525. The molecule has 78 valence electrons. The molecule has 0 aliphatic heterocycles. The van der Waals surface area contributed by atoms with Crippen LogP contribution in [0.15, 0.2) is 6.20 Å². The van der Waals surface area contributed by atoms with Gasteiger partial charge in [0, 0.05) is 0 Å². The summed E-state index contributed by atoms with van der Waals surface area (Å²) in [6, 6.07) is 0.